The molecule has 0 aliphatic carbocycles. The third-order valence-electron chi connectivity index (χ3n) is 4.22. The molecule has 2 amide bonds. The maximum absolute atomic E-state index is 12.4. The molecule has 138 valence electrons. The molecule has 0 radical (unpaired) electrons. The number of ether oxygens (including phenoxy) is 1. The predicted octanol–water partition coefficient (Wildman–Crippen LogP) is 1.17. The number of fused-ring (bicyclic) bond motifs is 2. The second-order valence-corrected chi connectivity index (χ2v) is 6.14. The number of amides is 2. The molecule has 3 N–H and O–H groups in total. The Morgan fingerprint density at radius 1 is 1.25 bits per heavy atom. The number of nitrogens with zero attached hydrogens (tertiary/aromatic N) is 1. The van der Waals surface area contributed by atoms with Crippen LogP contribution in [0.2, 0.25) is 0 Å². The highest BCUT2D eigenvalue weighted by atomic mass is 16.5. The lowest BCUT2D eigenvalue weighted by Crippen LogP contribution is -2.28. The summed E-state index contributed by atoms with van der Waals surface area (Å²) in [4.78, 5) is 42.7. The maximum atomic E-state index is 12.4. The molecular formula is C20H14N4O4. The summed E-state index contributed by atoms with van der Waals surface area (Å²) in [6.45, 7) is 0.159. The van der Waals surface area contributed by atoms with Gasteiger partial charge >= 0.3 is 0 Å². The molecule has 0 bridgehead atoms. The first-order valence-corrected chi connectivity index (χ1v) is 8.38. The normalized spacial score (nSPS) is 12.5. The van der Waals surface area contributed by atoms with Gasteiger partial charge in [0, 0.05) is 12.1 Å². The van der Waals surface area contributed by atoms with E-state index in [0.29, 0.717) is 27.9 Å². The van der Waals surface area contributed by atoms with Gasteiger partial charge in [-0.3, -0.25) is 14.4 Å². The van der Waals surface area contributed by atoms with E-state index in [4.69, 9.17) is 11.2 Å². The molecule has 28 heavy (non-hydrogen) atoms. The summed E-state index contributed by atoms with van der Waals surface area (Å²) in [7, 11) is 0. The molecule has 2 aromatic carbocycles. The Kier molecular flexibility index (Phi) is 4.26. The molecule has 1 aliphatic heterocycles. The minimum atomic E-state index is -0.530. The Bertz CT molecular complexity index is 1220. The molecule has 1 aliphatic rings. The minimum Gasteiger partial charge on any atom is -0.482 e. The Hall–Kier alpha value is -4.12. The summed E-state index contributed by atoms with van der Waals surface area (Å²) in [5.41, 5.74) is 1.78. The van der Waals surface area contributed by atoms with Crippen LogP contribution in [0.15, 0.2) is 41.2 Å². The second kappa shape index (κ2) is 6.89. The van der Waals surface area contributed by atoms with Crippen molar-refractivity contribution in [3.8, 4) is 18.1 Å². The van der Waals surface area contributed by atoms with Gasteiger partial charge in [0.05, 0.1) is 16.6 Å². The van der Waals surface area contributed by atoms with Crippen LogP contribution in [-0.4, -0.2) is 28.4 Å². The summed E-state index contributed by atoms with van der Waals surface area (Å²) < 4.78 is 5.29. The average Bonchev–Trinajstić information content (AvgIpc) is 2.71. The topological polar surface area (TPSA) is 113 Å². The smallest absolute Gasteiger partial charge is 0.287 e. The Morgan fingerprint density at radius 3 is 2.93 bits per heavy atom. The van der Waals surface area contributed by atoms with Gasteiger partial charge in [0.15, 0.2) is 12.4 Å². The summed E-state index contributed by atoms with van der Waals surface area (Å²) in [5.74, 6) is 2.16. The Labute approximate surface area is 158 Å². The highest BCUT2D eigenvalue weighted by Gasteiger charge is 2.16. The van der Waals surface area contributed by atoms with Gasteiger partial charge in [-0.05, 0) is 35.9 Å². The number of H-pyrrole nitrogens is 1. The minimum absolute atomic E-state index is 0.0209. The van der Waals surface area contributed by atoms with Crippen molar-refractivity contribution in [3.05, 3.63) is 63.7 Å². The van der Waals surface area contributed by atoms with Crippen molar-refractivity contribution in [2.24, 2.45) is 0 Å². The number of carbonyl (C=O) groups is 2. The number of rotatable bonds is 3. The van der Waals surface area contributed by atoms with Crippen LogP contribution < -0.4 is 20.9 Å². The highest BCUT2D eigenvalue weighted by Crippen LogP contribution is 2.28. The van der Waals surface area contributed by atoms with Crippen molar-refractivity contribution in [2.75, 3.05) is 11.9 Å². The molecule has 1 aromatic heterocycles. The molecule has 8 heteroatoms. The third-order valence-corrected chi connectivity index (χ3v) is 4.22. The lowest BCUT2D eigenvalue weighted by molar-refractivity contribution is -0.118. The fourth-order valence-electron chi connectivity index (χ4n) is 2.84. The van der Waals surface area contributed by atoms with Crippen molar-refractivity contribution in [2.45, 2.75) is 6.54 Å². The van der Waals surface area contributed by atoms with E-state index >= 15 is 0 Å². The standard InChI is InChI=1S/C20H14N4O4/c1-2-11-3-5-14-13(7-11)19(26)24-18(23-14)20(27)21-9-12-4-6-16-15(8-12)22-17(25)10-28-16/h1,3-8H,9-10H2,(H,21,27)(H,22,25)(H,23,24,26). The number of hydrogen-bond donors (Lipinski definition) is 3. The number of benzene rings is 2. The summed E-state index contributed by atoms with van der Waals surface area (Å²) in [5, 5.41) is 5.71. The van der Waals surface area contributed by atoms with Gasteiger partial charge in [-0.25, -0.2) is 4.98 Å². The Balaban J connectivity index is 1.53. The van der Waals surface area contributed by atoms with Gasteiger partial charge in [-0.1, -0.05) is 12.0 Å². The number of terminal acetylenes is 1. The van der Waals surface area contributed by atoms with Crippen LogP contribution in [0.25, 0.3) is 10.9 Å². The van der Waals surface area contributed by atoms with Gasteiger partial charge in [-0.15, -0.1) is 6.42 Å². The van der Waals surface area contributed by atoms with Gasteiger partial charge < -0.3 is 20.4 Å². The molecule has 0 spiro atoms. The molecule has 0 atom stereocenters. The highest BCUT2D eigenvalue weighted by molar-refractivity contribution is 5.95. The lowest BCUT2D eigenvalue weighted by atomic mass is 10.1. The van der Waals surface area contributed by atoms with Crippen molar-refractivity contribution < 1.29 is 14.3 Å². The number of hydrogen-bond acceptors (Lipinski definition) is 5. The summed E-state index contributed by atoms with van der Waals surface area (Å²) >= 11 is 0. The zero-order valence-corrected chi connectivity index (χ0v) is 14.5. The zero-order chi connectivity index (χ0) is 19.7. The van der Waals surface area contributed by atoms with Crippen LogP contribution in [0.1, 0.15) is 21.7 Å². The second-order valence-electron chi connectivity index (χ2n) is 6.14. The Morgan fingerprint density at radius 2 is 2.11 bits per heavy atom. The fraction of sp³-hybridized carbons (Fsp3) is 0.100. The van der Waals surface area contributed by atoms with E-state index in [2.05, 4.69) is 26.5 Å². The molecular weight excluding hydrogens is 360 g/mol. The van der Waals surface area contributed by atoms with Gasteiger partial charge in [0.25, 0.3) is 17.4 Å². The van der Waals surface area contributed by atoms with E-state index in [1.165, 1.54) is 0 Å². The average molecular weight is 374 g/mol. The predicted molar refractivity (Wildman–Crippen MR) is 102 cm³/mol. The SMILES string of the molecule is C#Cc1ccc2nc(C(=O)NCc3ccc4c(c3)NC(=O)CO4)[nH]c(=O)c2c1. The number of aromatic nitrogens is 2. The molecule has 8 nitrogen and oxygen atoms in total. The first-order valence-electron chi connectivity index (χ1n) is 8.38. The number of nitrogens with one attached hydrogen (secondary N) is 3. The molecule has 0 unspecified atom stereocenters. The van der Waals surface area contributed by atoms with E-state index in [9.17, 15) is 14.4 Å². The van der Waals surface area contributed by atoms with Crippen molar-refractivity contribution in [3.63, 3.8) is 0 Å². The van der Waals surface area contributed by atoms with Crippen LogP contribution >= 0.6 is 0 Å². The van der Waals surface area contributed by atoms with Crippen LogP contribution in [0, 0.1) is 12.3 Å². The fourth-order valence-corrected chi connectivity index (χ4v) is 2.84. The van der Waals surface area contributed by atoms with Crippen molar-refractivity contribution in [1.82, 2.24) is 15.3 Å². The third kappa shape index (κ3) is 3.29. The number of carbonyl (C=O) groups excluding carboxylic acids is 2. The lowest BCUT2D eigenvalue weighted by Gasteiger charge is -2.18. The molecule has 0 fully saturated rings. The maximum Gasteiger partial charge on any atom is 0.287 e. The molecule has 0 saturated heterocycles. The molecule has 3 aromatic rings. The first-order chi connectivity index (χ1) is 13.5. The van der Waals surface area contributed by atoms with Crippen LogP contribution in [-0.2, 0) is 11.3 Å². The van der Waals surface area contributed by atoms with E-state index in [1.54, 1.807) is 36.4 Å². The number of aromatic amines is 1. The van der Waals surface area contributed by atoms with E-state index < -0.39 is 11.5 Å². The first kappa shape index (κ1) is 17.3. The van der Waals surface area contributed by atoms with Gasteiger partial charge in [0.1, 0.15) is 5.75 Å². The van der Waals surface area contributed by atoms with Crippen LogP contribution in [0.3, 0.4) is 0 Å². The monoisotopic (exact) mass is 374 g/mol. The van der Waals surface area contributed by atoms with E-state index in [-0.39, 0.29) is 24.9 Å². The van der Waals surface area contributed by atoms with E-state index in [1.807, 2.05) is 0 Å². The number of anilines is 1. The zero-order valence-electron chi connectivity index (χ0n) is 14.5. The van der Waals surface area contributed by atoms with Gasteiger partial charge in [-0.2, -0.15) is 0 Å². The van der Waals surface area contributed by atoms with Crippen molar-refractivity contribution in [1.29, 1.82) is 0 Å². The van der Waals surface area contributed by atoms with Crippen LogP contribution in [0.5, 0.6) is 5.75 Å². The summed E-state index contributed by atoms with van der Waals surface area (Å²) in [6.07, 6.45) is 5.34. The van der Waals surface area contributed by atoms with E-state index in [0.717, 1.165) is 5.56 Å². The summed E-state index contributed by atoms with van der Waals surface area (Å²) in [6, 6.07) is 10.0. The largest absolute Gasteiger partial charge is 0.482 e. The molecule has 4 rings (SSSR count). The molecule has 0 saturated carbocycles. The van der Waals surface area contributed by atoms with Crippen molar-refractivity contribution >= 4 is 28.4 Å². The van der Waals surface area contributed by atoms with Gasteiger partial charge in [0.2, 0.25) is 0 Å². The quantitative estimate of drug-likeness (QED) is 0.596. The van der Waals surface area contributed by atoms with Crippen LogP contribution in [0.4, 0.5) is 5.69 Å². The molecule has 2 heterocycles.